The average Bonchev–Trinajstić information content (AvgIpc) is 3.19. The van der Waals surface area contributed by atoms with Crippen LogP contribution in [0.2, 0.25) is 0 Å². The van der Waals surface area contributed by atoms with Crippen LogP contribution in [0.25, 0.3) is 27.7 Å². The van der Waals surface area contributed by atoms with Crippen LogP contribution in [0.15, 0.2) is 73.1 Å². The molecule has 160 valence electrons. The second-order valence-corrected chi connectivity index (χ2v) is 7.65. The maximum atomic E-state index is 13.2. The molecule has 5 rings (SSSR count). The van der Waals surface area contributed by atoms with Crippen molar-refractivity contribution >= 4 is 28.3 Å². The third-order valence-corrected chi connectivity index (χ3v) is 5.54. The van der Waals surface area contributed by atoms with Crippen molar-refractivity contribution in [3.63, 3.8) is 0 Å². The van der Waals surface area contributed by atoms with Crippen molar-refractivity contribution < 1.29 is 4.79 Å². The summed E-state index contributed by atoms with van der Waals surface area (Å²) in [4.78, 5) is 22.4. The van der Waals surface area contributed by atoms with Gasteiger partial charge in [-0.3, -0.25) is 4.79 Å². The molecule has 0 spiro atoms. The van der Waals surface area contributed by atoms with Gasteiger partial charge in [-0.15, -0.1) is 11.5 Å². The number of carbonyl (C=O) groups excluding carboxylic acids is 1. The fourth-order valence-electron chi connectivity index (χ4n) is 3.97. The van der Waals surface area contributed by atoms with E-state index in [9.17, 15) is 4.79 Å². The van der Waals surface area contributed by atoms with Crippen LogP contribution in [-0.4, -0.2) is 25.5 Å². The quantitative estimate of drug-likeness (QED) is 0.418. The van der Waals surface area contributed by atoms with Gasteiger partial charge in [0.2, 0.25) is 0 Å². The number of hydrogen-bond acceptors (Lipinski definition) is 5. The van der Waals surface area contributed by atoms with Gasteiger partial charge < -0.3 is 11.1 Å². The lowest BCUT2D eigenvalue weighted by Crippen LogP contribution is -2.28. The van der Waals surface area contributed by atoms with Crippen LogP contribution in [0, 0.1) is 12.3 Å². The molecule has 0 saturated carbocycles. The zero-order chi connectivity index (χ0) is 22.9. The molecule has 2 aromatic carbocycles. The van der Waals surface area contributed by atoms with Gasteiger partial charge in [-0.25, -0.2) is 14.5 Å². The monoisotopic (exact) mass is 432 g/mol. The first-order chi connectivity index (χ1) is 16.1. The molecule has 3 N–H and O–H groups in total. The SMILES string of the molecule is C#Cc1cccc2nc([C@H](C)NC(=O)c3c(N)nn4cccnc34)c(-c3ccccc3)cc12. The molecule has 0 bridgehead atoms. The van der Waals surface area contributed by atoms with Gasteiger partial charge in [-0.2, -0.15) is 0 Å². The molecule has 33 heavy (non-hydrogen) atoms. The van der Waals surface area contributed by atoms with E-state index in [4.69, 9.17) is 17.1 Å². The molecule has 5 aromatic rings. The number of rotatable bonds is 4. The molecule has 0 aliphatic carbocycles. The molecule has 7 nitrogen and oxygen atoms in total. The number of carbonyl (C=O) groups is 1. The van der Waals surface area contributed by atoms with E-state index in [0.717, 1.165) is 33.3 Å². The van der Waals surface area contributed by atoms with Gasteiger partial charge in [0.15, 0.2) is 11.5 Å². The van der Waals surface area contributed by atoms with Crippen LogP contribution >= 0.6 is 0 Å². The molecule has 0 aliphatic rings. The first-order valence-corrected chi connectivity index (χ1v) is 10.4. The second-order valence-electron chi connectivity index (χ2n) is 7.65. The smallest absolute Gasteiger partial charge is 0.259 e. The summed E-state index contributed by atoms with van der Waals surface area (Å²) >= 11 is 0. The summed E-state index contributed by atoms with van der Waals surface area (Å²) in [6.07, 6.45) is 9.01. The van der Waals surface area contributed by atoms with Crippen molar-refractivity contribution in [2.75, 3.05) is 5.73 Å². The van der Waals surface area contributed by atoms with Crippen molar-refractivity contribution in [1.29, 1.82) is 0 Å². The molecule has 0 aliphatic heterocycles. The van der Waals surface area contributed by atoms with Crippen molar-refractivity contribution in [2.24, 2.45) is 0 Å². The van der Waals surface area contributed by atoms with E-state index in [1.807, 2.05) is 61.5 Å². The topological polar surface area (TPSA) is 98.2 Å². The standard InChI is InChI=1S/C26H20N6O/c1-3-17-11-7-12-21-19(17)15-20(18-9-5-4-6-10-18)23(30-21)16(2)29-26(33)22-24(27)31-32-14-8-13-28-25(22)32/h1,4-16H,2H3,(H2,27,31)(H,29,33)/t16-/m0/s1. The summed E-state index contributed by atoms with van der Waals surface area (Å²) in [7, 11) is 0. The van der Waals surface area contributed by atoms with E-state index < -0.39 is 6.04 Å². The van der Waals surface area contributed by atoms with Gasteiger partial charge in [0, 0.05) is 28.9 Å². The number of nitrogen functional groups attached to an aromatic ring is 1. The van der Waals surface area contributed by atoms with E-state index in [2.05, 4.69) is 21.3 Å². The van der Waals surface area contributed by atoms with Crippen LogP contribution in [0.4, 0.5) is 5.82 Å². The number of anilines is 1. The highest BCUT2D eigenvalue weighted by molar-refractivity contribution is 6.04. The Balaban J connectivity index is 1.60. The number of nitrogens with one attached hydrogen (secondary N) is 1. The fraction of sp³-hybridized carbons (Fsp3) is 0.0769. The highest BCUT2D eigenvalue weighted by atomic mass is 16.1. The number of nitrogens with two attached hydrogens (primary N) is 1. The molecule has 1 atom stereocenters. The number of fused-ring (bicyclic) bond motifs is 2. The lowest BCUT2D eigenvalue weighted by Gasteiger charge is -2.19. The fourth-order valence-corrected chi connectivity index (χ4v) is 3.97. The van der Waals surface area contributed by atoms with Gasteiger partial charge in [-0.05, 0) is 36.8 Å². The minimum atomic E-state index is -0.426. The lowest BCUT2D eigenvalue weighted by molar-refractivity contribution is 0.0941. The van der Waals surface area contributed by atoms with Crippen LogP contribution in [0.5, 0.6) is 0 Å². The molecular formula is C26H20N6O. The second kappa shape index (κ2) is 8.09. The predicted molar refractivity (Wildman–Crippen MR) is 128 cm³/mol. The minimum Gasteiger partial charge on any atom is -0.381 e. The molecular weight excluding hydrogens is 412 g/mol. The summed E-state index contributed by atoms with van der Waals surface area (Å²) < 4.78 is 1.49. The van der Waals surface area contributed by atoms with E-state index >= 15 is 0 Å². The molecule has 7 heteroatoms. The maximum absolute atomic E-state index is 13.2. The third-order valence-electron chi connectivity index (χ3n) is 5.54. The van der Waals surface area contributed by atoms with E-state index in [1.54, 1.807) is 18.5 Å². The van der Waals surface area contributed by atoms with Gasteiger partial charge in [0.25, 0.3) is 5.91 Å². The highest BCUT2D eigenvalue weighted by Crippen LogP contribution is 2.32. The Labute approximate surface area is 190 Å². The van der Waals surface area contributed by atoms with Crippen LogP contribution in [0.3, 0.4) is 0 Å². The Hall–Kier alpha value is -4.70. The zero-order valence-corrected chi connectivity index (χ0v) is 17.9. The number of amides is 1. The van der Waals surface area contributed by atoms with Gasteiger partial charge in [0.1, 0.15) is 5.56 Å². The maximum Gasteiger partial charge on any atom is 0.259 e. The Morgan fingerprint density at radius 3 is 2.76 bits per heavy atom. The molecule has 3 aromatic heterocycles. The Kier molecular flexibility index (Phi) is 4.96. The normalized spacial score (nSPS) is 11.9. The predicted octanol–water partition coefficient (Wildman–Crippen LogP) is 4.00. The number of pyridine rings is 1. The summed E-state index contributed by atoms with van der Waals surface area (Å²) in [5, 5.41) is 8.08. The largest absolute Gasteiger partial charge is 0.381 e. The summed E-state index contributed by atoms with van der Waals surface area (Å²) in [5.74, 6) is 2.48. The Bertz CT molecular complexity index is 1550. The van der Waals surface area contributed by atoms with E-state index in [-0.39, 0.29) is 17.3 Å². The van der Waals surface area contributed by atoms with Gasteiger partial charge >= 0.3 is 0 Å². The van der Waals surface area contributed by atoms with Crippen molar-refractivity contribution in [1.82, 2.24) is 24.9 Å². The summed E-state index contributed by atoms with van der Waals surface area (Å²) in [6, 6.07) is 18.9. The minimum absolute atomic E-state index is 0.117. The first-order valence-electron chi connectivity index (χ1n) is 10.4. The van der Waals surface area contributed by atoms with Crippen LogP contribution < -0.4 is 11.1 Å². The number of hydrogen-bond donors (Lipinski definition) is 2. The molecule has 0 saturated heterocycles. The lowest BCUT2D eigenvalue weighted by atomic mass is 9.96. The summed E-state index contributed by atoms with van der Waals surface area (Å²) in [6.45, 7) is 1.89. The van der Waals surface area contributed by atoms with E-state index in [0.29, 0.717) is 5.65 Å². The highest BCUT2D eigenvalue weighted by Gasteiger charge is 2.23. The van der Waals surface area contributed by atoms with E-state index in [1.165, 1.54) is 4.52 Å². The van der Waals surface area contributed by atoms with Gasteiger partial charge in [-0.1, -0.05) is 42.3 Å². The average molecular weight is 432 g/mol. The zero-order valence-electron chi connectivity index (χ0n) is 17.9. The molecule has 0 radical (unpaired) electrons. The van der Waals surface area contributed by atoms with Crippen molar-refractivity contribution in [3.8, 4) is 23.5 Å². The van der Waals surface area contributed by atoms with Crippen molar-refractivity contribution in [2.45, 2.75) is 13.0 Å². The Morgan fingerprint density at radius 1 is 1.15 bits per heavy atom. The van der Waals surface area contributed by atoms with Gasteiger partial charge in [0.05, 0.1) is 17.3 Å². The first kappa shape index (κ1) is 20.2. The number of aromatic nitrogens is 4. The number of benzene rings is 2. The van der Waals surface area contributed by atoms with Crippen LogP contribution in [0.1, 0.15) is 34.6 Å². The van der Waals surface area contributed by atoms with Crippen molar-refractivity contribution in [3.05, 3.63) is 89.9 Å². The molecule has 0 unspecified atom stereocenters. The Morgan fingerprint density at radius 2 is 1.97 bits per heavy atom. The van der Waals surface area contributed by atoms with Crippen LogP contribution in [-0.2, 0) is 0 Å². The third kappa shape index (κ3) is 3.54. The number of terminal acetylenes is 1. The molecule has 3 heterocycles. The molecule has 1 amide bonds. The number of nitrogens with zero attached hydrogens (tertiary/aromatic N) is 4. The summed E-state index contributed by atoms with van der Waals surface area (Å²) in [5.41, 5.74) is 10.8. The molecule has 0 fully saturated rings.